The number of H-pyrrole nitrogens is 1. The van der Waals surface area contributed by atoms with Gasteiger partial charge < -0.3 is 4.74 Å². The highest BCUT2D eigenvalue weighted by atomic mass is 35.5. The zero-order valence-electron chi connectivity index (χ0n) is 10.9. The molecular weight excluding hydrogens is 314 g/mol. The van der Waals surface area contributed by atoms with Crippen LogP contribution >= 0.6 is 11.6 Å². The van der Waals surface area contributed by atoms with E-state index in [-0.39, 0.29) is 21.2 Å². The Labute approximate surface area is 125 Å². The zero-order chi connectivity index (χ0) is 15.0. The predicted molar refractivity (Wildman–Crippen MR) is 78.5 cm³/mol. The van der Waals surface area contributed by atoms with Gasteiger partial charge in [0.2, 0.25) is 0 Å². The summed E-state index contributed by atoms with van der Waals surface area (Å²) in [4.78, 5) is -0.0960. The minimum absolute atomic E-state index is 0.0113. The number of para-hydroxylation sites is 1. The molecule has 0 aliphatic heterocycles. The minimum atomic E-state index is -3.58. The summed E-state index contributed by atoms with van der Waals surface area (Å²) >= 11 is 6.19. The van der Waals surface area contributed by atoms with Crippen LogP contribution in [0.25, 0.3) is 11.0 Å². The Balaban J connectivity index is 2.22. The number of rotatable bonds is 3. The van der Waals surface area contributed by atoms with Crippen molar-refractivity contribution >= 4 is 32.5 Å². The first-order valence-electron chi connectivity index (χ1n) is 5.93. The number of hydrogen-bond donors (Lipinski definition) is 1. The maximum Gasteiger partial charge on any atom is 0.179 e. The molecule has 1 N–H and O–H groups in total. The second-order valence-corrected chi connectivity index (χ2v) is 6.74. The number of fused-ring (bicyclic) bond motifs is 1. The van der Waals surface area contributed by atoms with Crippen LogP contribution in [0.4, 0.5) is 0 Å². The maximum atomic E-state index is 11.9. The van der Waals surface area contributed by atoms with Crippen LogP contribution in [0, 0.1) is 0 Å². The molecule has 0 spiro atoms. The predicted octanol–water partition coefficient (Wildman–Crippen LogP) is 2.81. The first-order valence-corrected chi connectivity index (χ1v) is 8.20. The lowest BCUT2D eigenvalue weighted by atomic mass is 10.3. The summed E-state index contributed by atoms with van der Waals surface area (Å²) in [5.74, 6) is 0.771. The van der Waals surface area contributed by atoms with Crippen LogP contribution in [0.15, 0.2) is 41.3 Å². The zero-order valence-corrected chi connectivity index (χ0v) is 12.4. The molecule has 0 aliphatic rings. The van der Waals surface area contributed by atoms with E-state index in [9.17, 15) is 8.42 Å². The van der Waals surface area contributed by atoms with Gasteiger partial charge in [-0.1, -0.05) is 35.0 Å². The van der Waals surface area contributed by atoms with Crippen molar-refractivity contribution in [3.63, 3.8) is 0 Å². The van der Waals surface area contributed by atoms with Gasteiger partial charge in [-0.3, -0.25) is 5.10 Å². The number of halogens is 1. The molecule has 0 atom stereocenters. The number of sulfone groups is 1. The van der Waals surface area contributed by atoms with Crippen molar-refractivity contribution in [3.05, 3.63) is 41.4 Å². The van der Waals surface area contributed by atoms with E-state index >= 15 is 0 Å². The standard InChI is InChI=1S/C13H10ClN3O3S/c1-21(18,19)13-11(14)10(7-9-12(13)16-17-15-9)20-8-5-3-2-4-6-8/h2-7H,1H3,(H,15,16,17). The quantitative estimate of drug-likeness (QED) is 0.801. The molecular formula is C13H10ClN3O3S. The Kier molecular flexibility index (Phi) is 3.30. The summed E-state index contributed by atoms with van der Waals surface area (Å²) < 4.78 is 29.5. The number of aromatic amines is 1. The second kappa shape index (κ2) is 5.01. The Morgan fingerprint density at radius 2 is 1.95 bits per heavy atom. The summed E-state index contributed by atoms with van der Waals surface area (Å²) in [6.45, 7) is 0. The molecule has 108 valence electrons. The lowest BCUT2D eigenvalue weighted by Gasteiger charge is -2.10. The largest absolute Gasteiger partial charge is 0.456 e. The van der Waals surface area contributed by atoms with Crippen molar-refractivity contribution < 1.29 is 13.2 Å². The van der Waals surface area contributed by atoms with E-state index in [1.807, 2.05) is 6.07 Å². The highest BCUT2D eigenvalue weighted by Gasteiger charge is 2.23. The molecule has 0 saturated heterocycles. The molecule has 3 aromatic rings. The summed E-state index contributed by atoms with van der Waals surface area (Å²) in [5.41, 5.74) is 0.633. The number of ether oxygens (including phenoxy) is 1. The van der Waals surface area contributed by atoms with Gasteiger partial charge in [-0.2, -0.15) is 0 Å². The van der Waals surface area contributed by atoms with Crippen LogP contribution < -0.4 is 4.74 Å². The fourth-order valence-electron chi connectivity index (χ4n) is 1.94. The second-order valence-electron chi connectivity index (χ2n) is 4.41. The van der Waals surface area contributed by atoms with Crippen molar-refractivity contribution in [2.45, 2.75) is 4.90 Å². The summed E-state index contributed by atoms with van der Waals surface area (Å²) in [5, 5.41) is 9.99. The Hall–Kier alpha value is -2.12. The third-order valence-electron chi connectivity index (χ3n) is 2.82. The van der Waals surface area contributed by atoms with E-state index in [0.717, 1.165) is 6.26 Å². The minimum Gasteiger partial charge on any atom is -0.456 e. The lowest BCUT2D eigenvalue weighted by Crippen LogP contribution is -2.01. The van der Waals surface area contributed by atoms with Gasteiger partial charge in [-0.25, -0.2) is 8.42 Å². The van der Waals surface area contributed by atoms with Crippen LogP contribution in [0.5, 0.6) is 11.5 Å². The van der Waals surface area contributed by atoms with Crippen molar-refractivity contribution in [3.8, 4) is 11.5 Å². The first kappa shape index (κ1) is 13.8. The highest BCUT2D eigenvalue weighted by molar-refractivity contribution is 7.91. The molecule has 0 bridgehead atoms. The molecule has 0 saturated carbocycles. The maximum absolute atomic E-state index is 11.9. The van der Waals surface area contributed by atoms with Crippen LogP contribution in [-0.2, 0) is 9.84 Å². The smallest absolute Gasteiger partial charge is 0.179 e. The topological polar surface area (TPSA) is 84.9 Å². The molecule has 21 heavy (non-hydrogen) atoms. The van der Waals surface area contributed by atoms with Gasteiger partial charge >= 0.3 is 0 Å². The summed E-state index contributed by atoms with van der Waals surface area (Å²) in [6.07, 6.45) is 1.06. The lowest BCUT2D eigenvalue weighted by molar-refractivity contribution is 0.482. The molecule has 0 aliphatic carbocycles. The van der Waals surface area contributed by atoms with Crippen molar-refractivity contribution in [1.82, 2.24) is 15.4 Å². The van der Waals surface area contributed by atoms with E-state index in [1.54, 1.807) is 30.3 Å². The Morgan fingerprint density at radius 3 is 2.62 bits per heavy atom. The SMILES string of the molecule is CS(=O)(=O)c1c(Cl)c(Oc2ccccc2)cc2[nH]nnc12. The van der Waals surface area contributed by atoms with E-state index in [4.69, 9.17) is 16.3 Å². The number of nitrogens with zero attached hydrogens (tertiary/aromatic N) is 2. The number of benzene rings is 2. The summed E-state index contributed by atoms with van der Waals surface area (Å²) in [6, 6.07) is 10.5. The van der Waals surface area contributed by atoms with Crippen LogP contribution in [0.3, 0.4) is 0 Å². The molecule has 3 rings (SSSR count). The molecule has 0 unspecified atom stereocenters. The first-order chi connectivity index (χ1) is 9.97. The van der Waals surface area contributed by atoms with Gasteiger partial charge in [0.1, 0.15) is 26.9 Å². The normalized spacial score (nSPS) is 11.7. The van der Waals surface area contributed by atoms with Gasteiger partial charge in [0.15, 0.2) is 9.84 Å². The molecule has 0 fully saturated rings. The Morgan fingerprint density at radius 1 is 1.24 bits per heavy atom. The van der Waals surface area contributed by atoms with Crippen molar-refractivity contribution in [2.24, 2.45) is 0 Å². The van der Waals surface area contributed by atoms with Crippen molar-refractivity contribution in [1.29, 1.82) is 0 Å². The molecule has 0 amide bonds. The van der Waals surface area contributed by atoms with E-state index < -0.39 is 9.84 Å². The molecule has 0 radical (unpaired) electrons. The molecule has 2 aromatic carbocycles. The Bertz CT molecular complexity index is 907. The van der Waals surface area contributed by atoms with Crippen LogP contribution in [0.2, 0.25) is 5.02 Å². The molecule has 1 heterocycles. The number of nitrogens with one attached hydrogen (secondary N) is 1. The average molecular weight is 324 g/mol. The van der Waals surface area contributed by atoms with E-state index in [2.05, 4.69) is 15.4 Å². The van der Waals surface area contributed by atoms with Gasteiger partial charge in [-0.15, -0.1) is 5.10 Å². The van der Waals surface area contributed by atoms with Gasteiger partial charge in [-0.05, 0) is 12.1 Å². The number of aromatic nitrogens is 3. The highest BCUT2D eigenvalue weighted by Crippen LogP contribution is 2.38. The fraction of sp³-hybridized carbons (Fsp3) is 0.0769. The van der Waals surface area contributed by atoms with Crippen molar-refractivity contribution in [2.75, 3.05) is 6.26 Å². The summed E-state index contributed by atoms with van der Waals surface area (Å²) in [7, 11) is -3.58. The molecule has 8 heteroatoms. The number of hydrogen-bond acceptors (Lipinski definition) is 5. The molecule has 6 nitrogen and oxygen atoms in total. The van der Waals surface area contributed by atoms with Gasteiger partial charge in [0, 0.05) is 12.3 Å². The average Bonchev–Trinajstić information content (AvgIpc) is 2.86. The van der Waals surface area contributed by atoms with Gasteiger partial charge in [0.25, 0.3) is 0 Å². The van der Waals surface area contributed by atoms with E-state index in [1.165, 1.54) is 0 Å². The third-order valence-corrected chi connectivity index (χ3v) is 4.45. The van der Waals surface area contributed by atoms with Gasteiger partial charge in [0.05, 0.1) is 5.52 Å². The van der Waals surface area contributed by atoms with Crippen LogP contribution in [-0.4, -0.2) is 30.1 Å². The monoisotopic (exact) mass is 323 g/mol. The van der Waals surface area contributed by atoms with Crippen LogP contribution in [0.1, 0.15) is 0 Å². The van der Waals surface area contributed by atoms with E-state index in [0.29, 0.717) is 11.3 Å². The third kappa shape index (κ3) is 2.57. The fourth-order valence-corrected chi connectivity index (χ4v) is 3.47. The molecule has 1 aromatic heterocycles.